The summed E-state index contributed by atoms with van der Waals surface area (Å²) in [6, 6.07) is 0.279. The van der Waals surface area contributed by atoms with Gasteiger partial charge >= 0.3 is 11.9 Å². The van der Waals surface area contributed by atoms with Gasteiger partial charge in [0.1, 0.15) is 0 Å². The number of esters is 2. The van der Waals surface area contributed by atoms with Gasteiger partial charge in [-0.25, -0.2) is 4.99 Å². The van der Waals surface area contributed by atoms with E-state index in [2.05, 4.69) is 30.9 Å². The van der Waals surface area contributed by atoms with Crippen LogP contribution in [0.4, 0.5) is 0 Å². The van der Waals surface area contributed by atoms with Crippen LogP contribution in [0.1, 0.15) is 226 Å². The SMILES string of the molecule is CCCCCCCCCOC(=O)CCCCCCCC(CCCCCCCC(=O)OCCC(CCCCCC)CCCCCC)N=C=S. The van der Waals surface area contributed by atoms with Crippen LogP contribution in [0.5, 0.6) is 0 Å². The Bertz CT molecular complexity index is 742. The largest absolute Gasteiger partial charge is 0.466 e. The molecule has 0 N–H and O–H groups in total. The average molecular weight is 694 g/mol. The Morgan fingerprint density at radius 2 is 0.854 bits per heavy atom. The number of unbranched alkanes of at least 4 members (excludes halogenated alkanes) is 20. The lowest BCUT2D eigenvalue weighted by Crippen LogP contribution is -2.10. The minimum absolute atomic E-state index is 0.0140. The van der Waals surface area contributed by atoms with Gasteiger partial charge in [0.25, 0.3) is 0 Å². The summed E-state index contributed by atoms with van der Waals surface area (Å²) < 4.78 is 11.0. The second kappa shape index (κ2) is 38.5. The predicted molar refractivity (Wildman–Crippen MR) is 209 cm³/mol. The second-order valence-corrected chi connectivity index (χ2v) is 14.6. The molecule has 48 heavy (non-hydrogen) atoms. The van der Waals surface area contributed by atoms with E-state index >= 15 is 0 Å². The molecule has 0 aromatic carbocycles. The molecule has 1 unspecified atom stereocenters. The fourth-order valence-electron chi connectivity index (χ4n) is 6.59. The van der Waals surface area contributed by atoms with Crippen LogP contribution in [0.15, 0.2) is 4.99 Å². The maximum absolute atomic E-state index is 12.3. The van der Waals surface area contributed by atoms with Gasteiger partial charge in [0, 0.05) is 12.8 Å². The van der Waals surface area contributed by atoms with Gasteiger partial charge in [-0.2, -0.15) is 0 Å². The molecule has 1 atom stereocenters. The van der Waals surface area contributed by atoms with Gasteiger partial charge in [-0.15, -0.1) is 0 Å². The molecule has 0 heterocycles. The van der Waals surface area contributed by atoms with Crippen molar-refractivity contribution in [3.05, 3.63) is 0 Å². The summed E-state index contributed by atoms with van der Waals surface area (Å²) in [4.78, 5) is 28.7. The van der Waals surface area contributed by atoms with Crippen molar-refractivity contribution in [2.75, 3.05) is 13.2 Å². The Kier molecular flexibility index (Phi) is 37.5. The highest BCUT2D eigenvalue weighted by atomic mass is 32.1. The van der Waals surface area contributed by atoms with Gasteiger partial charge < -0.3 is 9.47 Å². The lowest BCUT2D eigenvalue weighted by atomic mass is 9.92. The van der Waals surface area contributed by atoms with Crippen LogP contribution in [0.3, 0.4) is 0 Å². The van der Waals surface area contributed by atoms with Crippen LogP contribution in [0.25, 0.3) is 0 Å². The molecule has 0 amide bonds. The van der Waals surface area contributed by atoms with E-state index < -0.39 is 0 Å². The van der Waals surface area contributed by atoms with E-state index in [1.54, 1.807) is 0 Å². The summed E-state index contributed by atoms with van der Waals surface area (Å²) in [5.74, 6) is 0.668. The molecule has 0 saturated heterocycles. The van der Waals surface area contributed by atoms with E-state index in [0.717, 1.165) is 77.0 Å². The van der Waals surface area contributed by atoms with E-state index in [-0.39, 0.29) is 18.0 Å². The third-order valence-electron chi connectivity index (χ3n) is 9.80. The minimum Gasteiger partial charge on any atom is -0.466 e. The van der Waals surface area contributed by atoms with Crippen molar-refractivity contribution in [1.82, 2.24) is 0 Å². The molecule has 282 valence electrons. The normalized spacial score (nSPS) is 11.8. The van der Waals surface area contributed by atoms with E-state index in [0.29, 0.717) is 32.0 Å². The molecule has 0 radical (unpaired) electrons. The average Bonchev–Trinajstić information content (AvgIpc) is 3.08. The molecule has 0 spiro atoms. The van der Waals surface area contributed by atoms with Gasteiger partial charge in [-0.05, 0) is 56.7 Å². The zero-order valence-electron chi connectivity index (χ0n) is 32.2. The number of rotatable bonds is 38. The van der Waals surface area contributed by atoms with E-state index in [4.69, 9.17) is 21.7 Å². The van der Waals surface area contributed by atoms with Crippen LogP contribution in [-0.2, 0) is 19.1 Å². The lowest BCUT2D eigenvalue weighted by Gasteiger charge is -2.17. The lowest BCUT2D eigenvalue weighted by molar-refractivity contribution is -0.145. The standard InChI is InChI=1S/C42H79NO4S/c1-4-7-10-13-14-21-28-36-46-41(44)33-26-19-15-17-24-31-40(43-38-48)32-25-18-16-20-27-34-42(45)47-37-35-39(29-22-11-8-5-2)30-23-12-9-6-3/h39-40H,4-37H2,1-3H3. The molecule has 0 aromatic heterocycles. The molecule has 0 aliphatic carbocycles. The van der Waals surface area contributed by atoms with Crippen LogP contribution in [0, 0.1) is 5.92 Å². The molecular formula is C42H79NO4S. The first-order valence-corrected chi connectivity index (χ1v) is 21.4. The first kappa shape index (κ1) is 46.7. The molecule has 0 aliphatic heterocycles. The summed E-state index contributed by atoms with van der Waals surface area (Å²) in [7, 11) is 0. The number of isothiocyanates is 1. The number of carbonyl (C=O) groups is 2. The monoisotopic (exact) mass is 694 g/mol. The van der Waals surface area contributed by atoms with E-state index in [1.165, 1.54) is 116 Å². The zero-order valence-corrected chi connectivity index (χ0v) is 33.0. The third-order valence-corrected chi connectivity index (χ3v) is 9.91. The Morgan fingerprint density at radius 1 is 0.479 bits per heavy atom. The Balaban J connectivity index is 3.80. The van der Waals surface area contributed by atoms with Crippen LogP contribution in [0.2, 0.25) is 0 Å². The van der Waals surface area contributed by atoms with Crippen molar-refractivity contribution in [2.45, 2.75) is 232 Å². The van der Waals surface area contributed by atoms with Crippen LogP contribution in [-0.4, -0.2) is 36.4 Å². The number of aliphatic imine (C=N–C) groups is 1. The van der Waals surface area contributed by atoms with Gasteiger partial charge in [-0.3, -0.25) is 9.59 Å². The zero-order chi connectivity index (χ0) is 35.2. The molecule has 6 heteroatoms. The van der Waals surface area contributed by atoms with Gasteiger partial charge in [0.2, 0.25) is 0 Å². The summed E-state index contributed by atoms with van der Waals surface area (Å²) in [5, 5.41) is 2.61. The molecule has 5 nitrogen and oxygen atoms in total. The van der Waals surface area contributed by atoms with Crippen LogP contribution >= 0.6 is 12.2 Å². The molecular weight excluding hydrogens is 615 g/mol. The maximum Gasteiger partial charge on any atom is 0.305 e. The van der Waals surface area contributed by atoms with Gasteiger partial charge in [-0.1, -0.05) is 175 Å². The predicted octanol–water partition coefficient (Wildman–Crippen LogP) is 13.7. The van der Waals surface area contributed by atoms with E-state index in [9.17, 15) is 9.59 Å². The number of thiocarbonyl (C=S) groups is 1. The van der Waals surface area contributed by atoms with Crippen LogP contribution < -0.4 is 0 Å². The number of nitrogens with zero attached hydrogens (tertiary/aromatic N) is 1. The highest BCUT2D eigenvalue weighted by Crippen LogP contribution is 2.22. The van der Waals surface area contributed by atoms with Gasteiger partial charge in [0.05, 0.1) is 24.4 Å². The Hall–Kier alpha value is -1.26. The Morgan fingerprint density at radius 3 is 1.33 bits per heavy atom. The molecule has 0 bridgehead atoms. The van der Waals surface area contributed by atoms with E-state index in [1.807, 2.05) is 0 Å². The summed E-state index contributed by atoms with van der Waals surface area (Å²) in [5.41, 5.74) is 0. The first-order valence-electron chi connectivity index (χ1n) is 20.9. The minimum atomic E-state index is -0.0309. The molecule has 0 aromatic rings. The van der Waals surface area contributed by atoms with Crippen molar-refractivity contribution >= 4 is 29.3 Å². The summed E-state index contributed by atoms with van der Waals surface area (Å²) in [6.45, 7) is 7.96. The smallest absolute Gasteiger partial charge is 0.305 e. The van der Waals surface area contributed by atoms with Crippen molar-refractivity contribution in [3.8, 4) is 0 Å². The molecule has 0 saturated carbocycles. The van der Waals surface area contributed by atoms with Gasteiger partial charge in [0.15, 0.2) is 0 Å². The molecule has 0 rings (SSSR count). The van der Waals surface area contributed by atoms with Crippen molar-refractivity contribution < 1.29 is 19.1 Å². The quantitative estimate of drug-likeness (QED) is 0.0279. The summed E-state index contributed by atoms with van der Waals surface area (Å²) in [6.07, 6.45) is 37.0. The number of hydrogen-bond acceptors (Lipinski definition) is 6. The number of carbonyl (C=O) groups excluding carboxylic acids is 2. The number of ether oxygens (including phenoxy) is 2. The molecule has 0 fully saturated rings. The maximum atomic E-state index is 12.3. The topological polar surface area (TPSA) is 65.0 Å². The van der Waals surface area contributed by atoms with Crippen molar-refractivity contribution in [3.63, 3.8) is 0 Å². The Labute approximate surface area is 304 Å². The summed E-state index contributed by atoms with van der Waals surface area (Å²) >= 11 is 4.91. The second-order valence-electron chi connectivity index (χ2n) is 14.4. The van der Waals surface area contributed by atoms with Crippen molar-refractivity contribution in [1.29, 1.82) is 0 Å². The fourth-order valence-corrected chi connectivity index (χ4v) is 6.74. The highest BCUT2D eigenvalue weighted by molar-refractivity contribution is 7.78. The van der Waals surface area contributed by atoms with Crippen molar-refractivity contribution in [2.24, 2.45) is 10.9 Å². The molecule has 0 aliphatic rings. The highest BCUT2D eigenvalue weighted by Gasteiger charge is 2.11. The third kappa shape index (κ3) is 34.6. The first-order chi connectivity index (χ1) is 23.6. The number of hydrogen-bond donors (Lipinski definition) is 0. The fraction of sp³-hybridized carbons (Fsp3) is 0.929.